The molecule has 0 spiro atoms. The van der Waals surface area contributed by atoms with E-state index in [1.54, 1.807) is 43.3 Å². The van der Waals surface area contributed by atoms with E-state index in [9.17, 15) is 4.79 Å². The van der Waals surface area contributed by atoms with E-state index in [-0.39, 0.29) is 5.43 Å². The van der Waals surface area contributed by atoms with Crippen LogP contribution in [0.25, 0.3) is 22.6 Å². The highest BCUT2D eigenvalue weighted by Gasteiger charge is 2.14. The van der Waals surface area contributed by atoms with Crippen LogP contribution in [0.1, 0.15) is 28.2 Å². The number of rotatable bonds is 5. The van der Waals surface area contributed by atoms with Gasteiger partial charge in [0.05, 0.1) is 7.45 Å². The van der Waals surface area contributed by atoms with Crippen molar-refractivity contribution < 1.29 is 16.6 Å². The van der Waals surface area contributed by atoms with Crippen LogP contribution in [0.3, 0.4) is 0 Å². The van der Waals surface area contributed by atoms with E-state index < -0.39 is 12.3 Å². The van der Waals surface area contributed by atoms with Gasteiger partial charge in [0.25, 0.3) is 0 Å². The summed E-state index contributed by atoms with van der Waals surface area (Å²) in [6, 6.07) is 18.3. The van der Waals surface area contributed by atoms with E-state index in [4.69, 9.17) is 16.6 Å². The van der Waals surface area contributed by atoms with Crippen LogP contribution in [0, 0.1) is 0 Å². The number of hydrogen-bond acceptors (Lipinski definition) is 5. The fourth-order valence-electron chi connectivity index (χ4n) is 2.78. The average molecular weight is 362 g/mol. The van der Waals surface area contributed by atoms with Crippen LogP contribution < -0.4 is 10.2 Å². The summed E-state index contributed by atoms with van der Waals surface area (Å²) in [6.45, 7) is 2.98. The molecule has 1 aliphatic heterocycles. The van der Waals surface area contributed by atoms with Gasteiger partial charge < -0.3 is 13.9 Å². The molecule has 0 aromatic heterocycles. The first-order valence-corrected chi connectivity index (χ1v) is 8.51. The molecule has 0 fully saturated rings. The van der Waals surface area contributed by atoms with Crippen LogP contribution in [0.2, 0.25) is 0 Å². The molecule has 2 atom stereocenters. The molecule has 0 N–H and O–H groups in total. The van der Waals surface area contributed by atoms with E-state index in [1.807, 2.05) is 18.2 Å². The molecule has 27 heavy (non-hydrogen) atoms. The van der Waals surface area contributed by atoms with Gasteiger partial charge in [-0.15, -0.1) is 0 Å². The molecule has 5 heteroatoms. The Kier molecular flexibility index (Phi) is 3.99. The minimum absolute atomic E-state index is 0.169. The van der Waals surface area contributed by atoms with Gasteiger partial charge in [-0.1, -0.05) is 30.3 Å². The lowest BCUT2D eigenvalue weighted by molar-refractivity contribution is -0.103. The van der Waals surface area contributed by atoms with E-state index in [2.05, 4.69) is 4.98 Å². The highest BCUT2D eigenvalue weighted by atomic mass is 16.7. The van der Waals surface area contributed by atoms with Crippen molar-refractivity contribution in [3.05, 3.63) is 82.5 Å². The first-order valence-electron chi connectivity index (χ1n) is 9.51. The van der Waals surface area contributed by atoms with Crippen LogP contribution in [-0.4, -0.2) is 11.3 Å². The maximum absolute atomic E-state index is 11.6. The Bertz CT molecular complexity index is 1190. The monoisotopic (exact) mass is 362 g/mol. The second-order valence-corrected chi connectivity index (χ2v) is 6.09. The zero-order valence-electron chi connectivity index (χ0n) is 16.9. The number of nitrogens with zero attached hydrogens (tertiary/aromatic N) is 1. The molecule has 0 radical (unpaired) electrons. The van der Waals surface area contributed by atoms with Crippen molar-refractivity contribution in [2.45, 2.75) is 26.2 Å². The van der Waals surface area contributed by atoms with Crippen LogP contribution in [-0.2, 0) is 4.74 Å². The molecule has 1 heterocycles. The Morgan fingerprint density at radius 2 is 1.93 bits per heavy atom. The SMILES string of the molecule is [1H]C(C)(OC([2H])(C)Oc1ccc2nc3ccc(=O)cc-3oc2c1)c1ccccc1. The van der Waals surface area contributed by atoms with E-state index in [1.165, 1.54) is 19.1 Å². The number of ether oxygens (including phenoxy) is 2. The lowest BCUT2D eigenvalue weighted by Crippen LogP contribution is -2.18. The first-order chi connectivity index (χ1) is 13.7. The summed E-state index contributed by atoms with van der Waals surface area (Å²) in [4.78, 5) is 16.0. The summed E-state index contributed by atoms with van der Waals surface area (Å²) < 4.78 is 33.9. The Labute approximate surface area is 159 Å². The van der Waals surface area contributed by atoms with Gasteiger partial charge in [-0.25, -0.2) is 4.98 Å². The quantitative estimate of drug-likeness (QED) is 0.377. The fourth-order valence-corrected chi connectivity index (χ4v) is 2.78. The normalized spacial score (nSPS) is 17.0. The lowest BCUT2D eigenvalue weighted by atomic mass is 10.1. The van der Waals surface area contributed by atoms with E-state index in [0.29, 0.717) is 33.9 Å². The Morgan fingerprint density at radius 3 is 2.74 bits per heavy atom. The van der Waals surface area contributed by atoms with Crippen molar-refractivity contribution in [3.8, 4) is 17.2 Å². The molecule has 2 aromatic carbocycles. The topological polar surface area (TPSA) is 61.6 Å². The van der Waals surface area contributed by atoms with Crippen molar-refractivity contribution in [1.29, 1.82) is 0 Å². The smallest absolute Gasteiger partial charge is 0.197 e. The molecule has 1 aliphatic carbocycles. The average Bonchev–Trinajstić information content (AvgIpc) is 2.66. The number of fused-ring (bicyclic) bond motifs is 2. The lowest BCUT2D eigenvalue weighted by Gasteiger charge is -2.20. The highest BCUT2D eigenvalue weighted by molar-refractivity contribution is 5.77. The van der Waals surface area contributed by atoms with Gasteiger partial charge in [-0.3, -0.25) is 4.79 Å². The second-order valence-electron chi connectivity index (χ2n) is 6.09. The molecular formula is C22H19NO4. The van der Waals surface area contributed by atoms with Crippen molar-refractivity contribution >= 4 is 11.1 Å². The molecule has 4 rings (SSSR count). The molecule has 0 amide bonds. The van der Waals surface area contributed by atoms with Gasteiger partial charge in [0.15, 0.2) is 23.0 Å². The Hall–Kier alpha value is -3.18. The highest BCUT2D eigenvalue weighted by Crippen LogP contribution is 2.27. The summed E-state index contributed by atoms with van der Waals surface area (Å²) in [6.07, 6.45) is -3.30. The standard InChI is InChI=1S/C22H19NO4/c1-14(16-6-4-3-5-7-16)25-15(2)26-18-9-11-20-22(13-18)27-21-12-17(24)8-10-19(21)23-20/h3-15H,1-2H3/i14H,15D. The van der Waals surface area contributed by atoms with Crippen LogP contribution in [0.15, 0.2) is 75.9 Å². The maximum Gasteiger partial charge on any atom is 0.197 e. The minimum atomic E-state index is -1.83. The predicted octanol–water partition coefficient (Wildman–Crippen LogP) is 4.80. The summed E-state index contributed by atoms with van der Waals surface area (Å²) in [5.74, 6) is 0.692. The van der Waals surface area contributed by atoms with Crippen LogP contribution >= 0.6 is 0 Å². The van der Waals surface area contributed by atoms with Crippen LogP contribution in [0.4, 0.5) is 0 Å². The van der Waals surface area contributed by atoms with Gasteiger partial charge >= 0.3 is 0 Å². The van der Waals surface area contributed by atoms with Gasteiger partial charge in [0.1, 0.15) is 18.3 Å². The largest absolute Gasteiger partial charge is 0.465 e. The van der Waals surface area contributed by atoms with Gasteiger partial charge in [-0.2, -0.15) is 0 Å². The predicted molar refractivity (Wildman–Crippen MR) is 103 cm³/mol. The molecular weight excluding hydrogens is 342 g/mol. The summed E-state index contributed by atoms with van der Waals surface area (Å²) in [5, 5.41) is 0. The molecule has 0 saturated carbocycles. The minimum Gasteiger partial charge on any atom is -0.465 e. The van der Waals surface area contributed by atoms with Crippen molar-refractivity contribution in [1.82, 2.24) is 4.98 Å². The summed E-state index contributed by atoms with van der Waals surface area (Å²) in [7, 11) is 0. The number of aromatic nitrogens is 1. The third kappa shape index (κ3) is 3.83. The molecule has 2 unspecified atom stereocenters. The number of hydrogen-bond donors (Lipinski definition) is 0. The third-order valence-electron chi connectivity index (χ3n) is 4.06. The zero-order chi connectivity index (χ0) is 20.6. The van der Waals surface area contributed by atoms with Crippen molar-refractivity contribution in [3.63, 3.8) is 0 Å². The van der Waals surface area contributed by atoms with Crippen molar-refractivity contribution in [2.24, 2.45) is 0 Å². The van der Waals surface area contributed by atoms with E-state index in [0.717, 1.165) is 0 Å². The van der Waals surface area contributed by atoms with Gasteiger partial charge in [0.2, 0.25) is 0 Å². The Morgan fingerprint density at radius 1 is 1.11 bits per heavy atom. The summed E-state index contributed by atoms with van der Waals surface area (Å²) >= 11 is 0. The van der Waals surface area contributed by atoms with Crippen LogP contribution in [0.5, 0.6) is 5.75 Å². The first kappa shape index (κ1) is 14.9. The second kappa shape index (κ2) is 7.21. The molecule has 0 bridgehead atoms. The molecule has 2 aliphatic rings. The van der Waals surface area contributed by atoms with Gasteiger partial charge in [-0.05, 0) is 43.7 Å². The summed E-state index contributed by atoms with van der Waals surface area (Å²) in [5.41, 5.74) is 2.02. The van der Waals surface area contributed by atoms with E-state index >= 15 is 0 Å². The number of benzene rings is 3. The third-order valence-corrected chi connectivity index (χ3v) is 4.06. The molecule has 0 saturated heterocycles. The molecule has 136 valence electrons. The van der Waals surface area contributed by atoms with Crippen molar-refractivity contribution in [2.75, 3.05) is 0 Å². The molecule has 2 aromatic rings. The molecule has 5 nitrogen and oxygen atoms in total. The van der Waals surface area contributed by atoms with Gasteiger partial charge in [0, 0.05) is 12.1 Å². The Balaban J connectivity index is 1.61. The zero-order valence-corrected chi connectivity index (χ0v) is 14.9. The maximum atomic E-state index is 11.6. The fraction of sp³-hybridized carbons (Fsp3) is 0.182.